The lowest BCUT2D eigenvalue weighted by atomic mass is 10.2. The number of carbonyl (C=O) groups excluding carboxylic acids is 2. The molecule has 0 bridgehead atoms. The van der Waals surface area contributed by atoms with Crippen LogP contribution in [0.25, 0.3) is 0 Å². The molecule has 2 aromatic rings. The van der Waals surface area contributed by atoms with Gasteiger partial charge < -0.3 is 15.0 Å². The van der Waals surface area contributed by atoms with E-state index >= 15 is 0 Å². The minimum Gasteiger partial charge on any atom is -0.496 e. The minimum atomic E-state index is -3.87. The van der Waals surface area contributed by atoms with Crippen LogP contribution in [0, 0.1) is 0 Å². The third kappa shape index (κ3) is 6.55. The van der Waals surface area contributed by atoms with E-state index in [0.717, 1.165) is 10.0 Å². The highest BCUT2D eigenvalue weighted by Crippen LogP contribution is 2.24. The van der Waals surface area contributed by atoms with Crippen molar-refractivity contribution in [3.05, 3.63) is 52.5 Å². The number of sulfonamides is 1. The van der Waals surface area contributed by atoms with Gasteiger partial charge in [0.1, 0.15) is 5.75 Å². The first kappa shape index (κ1) is 22.9. The van der Waals surface area contributed by atoms with Crippen LogP contribution in [0.3, 0.4) is 0 Å². The maximum Gasteiger partial charge on any atom is 0.241 e. The van der Waals surface area contributed by atoms with Gasteiger partial charge in [0.15, 0.2) is 0 Å². The molecule has 2 amide bonds. The number of amides is 2. The highest BCUT2D eigenvalue weighted by Gasteiger charge is 2.18. The molecule has 2 rings (SSSR count). The molecule has 8 nitrogen and oxygen atoms in total. The van der Waals surface area contributed by atoms with Gasteiger partial charge in [-0.3, -0.25) is 9.59 Å². The van der Waals surface area contributed by atoms with Gasteiger partial charge in [-0.15, -0.1) is 0 Å². The van der Waals surface area contributed by atoms with E-state index < -0.39 is 15.9 Å². The molecule has 0 saturated carbocycles. The number of nitrogens with zero attached hydrogens (tertiary/aromatic N) is 1. The average molecular weight is 484 g/mol. The summed E-state index contributed by atoms with van der Waals surface area (Å²) >= 11 is 3.38. The van der Waals surface area contributed by atoms with Crippen LogP contribution >= 0.6 is 15.9 Å². The van der Waals surface area contributed by atoms with Crippen LogP contribution in [0.15, 0.2) is 51.8 Å². The predicted molar refractivity (Wildman–Crippen MR) is 113 cm³/mol. The Bertz CT molecular complexity index is 993. The number of rotatable bonds is 8. The van der Waals surface area contributed by atoms with E-state index in [1.165, 1.54) is 36.1 Å². The first-order valence-electron chi connectivity index (χ1n) is 8.56. The molecule has 29 heavy (non-hydrogen) atoms. The fourth-order valence-electron chi connectivity index (χ4n) is 2.51. The van der Waals surface area contributed by atoms with Crippen molar-refractivity contribution in [2.24, 2.45) is 0 Å². The highest BCUT2D eigenvalue weighted by molar-refractivity contribution is 9.10. The summed E-state index contributed by atoms with van der Waals surface area (Å²) in [6, 6.07) is 11.1. The number of likely N-dealkylation sites (N-methyl/N-ethyl adjacent to an activating group) is 1. The number of nitrogens with one attached hydrogen (secondary N) is 2. The van der Waals surface area contributed by atoms with Gasteiger partial charge in [-0.2, -0.15) is 0 Å². The Morgan fingerprint density at radius 2 is 1.79 bits per heavy atom. The Morgan fingerprint density at radius 1 is 1.14 bits per heavy atom. The van der Waals surface area contributed by atoms with Crippen molar-refractivity contribution in [3.8, 4) is 5.75 Å². The van der Waals surface area contributed by atoms with Crippen LogP contribution in [0.5, 0.6) is 5.75 Å². The van der Waals surface area contributed by atoms with Gasteiger partial charge in [0, 0.05) is 36.2 Å². The van der Waals surface area contributed by atoms with E-state index in [4.69, 9.17) is 4.74 Å². The number of hydrogen-bond donors (Lipinski definition) is 2. The van der Waals surface area contributed by atoms with Crippen LogP contribution in [0.2, 0.25) is 0 Å². The van der Waals surface area contributed by atoms with Gasteiger partial charge in [-0.1, -0.05) is 15.9 Å². The topological polar surface area (TPSA) is 105 Å². The summed E-state index contributed by atoms with van der Waals surface area (Å²) in [7, 11) is -0.745. The molecule has 0 aliphatic heterocycles. The molecule has 2 aromatic carbocycles. The minimum absolute atomic E-state index is 0.00397. The molecule has 2 N–H and O–H groups in total. The van der Waals surface area contributed by atoms with Crippen molar-refractivity contribution < 1.29 is 22.7 Å². The van der Waals surface area contributed by atoms with Crippen molar-refractivity contribution in [2.75, 3.05) is 26.0 Å². The number of halogens is 1. The molecule has 0 unspecified atom stereocenters. The molecule has 0 aliphatic rings. The summed E-state index contributed by atoms with van der Waals surface area (Å²) in [6.07, 6.45) is 0. The maximum atomic E-state index is 12.4. The van der Waals surface area contributed by atoms with Gasteiger partial charge in [-0.05, 0) is 42.5 Å². The van der Waals surface area contributed by atoms with E-state index in [9.17, 15) is 18.0 Å². The molecule has 0 spiro atoms. The van der Waals surface area contributed by atoms with Gasteiger partial charge >= 0.3 is 0 Å². The molecule has 0 radical (unpaired) electrons. The summed E-state index contributed by atoms with van der Waals surface area (Å²) in [6.45, 7) is 1.23. The van der Waals surface area contributed by atoms with Crippen molar-refractivity contribution in [2.45, 2.75) is 18.4 Å². The summed E-state index contributed by atoms with van der Waals surface area (Å²) in [5.74, 6) is -0.0207. The predicted octanol–water partition coefficient (Wildman–Crippen LogP) is 2.35. The number of methoxy groups -OCH3 is 1. The molecule has 10 heteroatoms. The molecular formula is C19H22BrN3O5S. The van der Waals surface area contributed by atoms with Crippen LogP contribution in [0.4, 0.5) is 5.69 Å². The number of hydrogen-bond acceptors (Lipinski definition) is 5. The van der Waals surface area contributed by atoms with Crippen LogP contribution in [-0.4, -0.2) is 45.8 Å². The Hall–Kier alpha value is -2.43. The standard InChI is InChI=1S/C19H22BrN3O5S/c1-13(24)22-16-5-7-17(8-6-16)29(26,27)21-11-19(25)23(2)12-14-10-15(20)4-9-18(14)28-3/h4-10,21H,11-12H2,1-3H3,(H,22,24). The largest absolute Gasteiger partial charge is 0.496 e. The normalized spacial score (nSPS) is 11.0. The van der Waals surface area contributed by atoms with Crippen molar-refractivity contribution in [1.29, 1.82) is 0 Å². The SMILES string of the molecule is COc1ccc(Br)cc1CN(C)C(=O)CNS(=O)(=O)c1ccc(NC(C)=O)cc1. The fraction of sp³-hybridized carbons (Fsp3) is 0.263. The van der Waals surface area contributed by atoms with Gasteiger partial charge in [0.2, 0.25) is 21.8 Å². The smallest absolute Gasteiger partial charge is 0.241 e. The number of anilines is 1. The first-order chi connectivity index (χ1) is 13.6. The second kappa shape index (κ2) is 9.86. The van der Waals surface area contributed by atoms with E-state index in [1.807, 2.05) is 12.1 Å². The maximum absolute atomic E-state index is 12.4. The quantitative estimate of drug-likeness (QED) is 0.599. The second-order valence-corrected chi connectivity index (χ2v) is 8.92. The molecule has 0 fully saturated rings. The first-order valence-corrected chi connectivity index (χ1v) is 10.8. The van der Waals surface area contributed by atoms with E-state index in [2.05, 4.69) is 26.0 Å². The summed E-state index contributed by atoms with van der Waals surface area (Å²) in [4.78, 5) is 24.8. The van der Waals surface area contributed by atoms with E-state index in [1.54, 1.807) is 20.2 Å². The number of benzene rings is 2. The Labute approximate surface area is 178 Å². The average Bonchev–Trinajstić information content (AvgIpc) is 2.66. The molecule has 0 atom stereocenters. The molecule has 156 valence electrons. The molecule has 0 aromatic heterocycles. The zero-order valence-electron chi connectivity index (χ0n) is 16.2. The van der Waals surface area contributed by atoms with Crippen molar-refractivity contribution in [3.63, 3.8) is 0 Å². The van der Waals surface area contributed by atoms with Crippen LogP contribution < -0.4 is 14.8 Å². The van der Waals surface area contributed by atoms with E-state index in [0.29, 0.717) is 11.4 Å². The molecule has 0 heterocycles. The van der Waals surface area contributed by atoms with E-state index in [-0.39, 0.29) is 23.9 Å². The Morgan fingerprint density at radius 3 is 2.38 bits per heavy atom. The van der Waals surface area contributed by atoms with Crippen molar-refractivity contribution >= 4 is 43.5 Å². The third-order valence-corrected chi connectivity index (χ3v) is 5.88. The zero-order chi connectivity index (χ0) is 21.6. The lowest BCUT2D eigenvalue weighted by molar-refractivity contribution is -0.129. The van der Waals surface area contributed by atoms with Crippen LogP contribution in [0.1, 0.15) is 12.5 Å². The lowest BCUT2D eigenvalue weighted by Gasteiger charge is -2.19. The monoisotopic (exact) mass is 483 g/mol. The van der Waals surface area contributed by atoms with Gasteiger partial charge in [-0.25, -0.2) is 13.1 Å². The number of carbonyl (C=O) groups is 2. The van der Waals surface area contributed by atoms with Crippen molar-refractivity contribution in [1.82, 2.24) is 9.62 Å². The summed E-state index contributed by atoms with van der Waals surface area (Å²) in [5.41, 5.74) is 1.27. The molecule has 0 aliphatic carbocycles. The fourth-order valence-corrected chi connectivity index (χ4v) is 3.89. The Balaban J connectivity index is 2.00. The summed E-state index contributed by atoms with van der Waals surface area (Å²) < 4.78 is 33.2. The zero-order valence-corrected chi connectivity index (χ0v) is 18.6. The molecule has 0 saturated heterocycles. The summed E-state index contributed by atoms with van der Waals surface area (Å²) in [5, 5.41) is 2.56. The lowest BCUT2D eigenvalue weighted by Crippen LogP contribution is -2.37. The van der Waals surface area contributed by atoms with Gasteiger partial charge in [0.05, 0.1) is 18.6 Å². The molecular weight excluding hydrogens is 462 g/mol. The Kier molecular flexibility index (Phi) is 7.77. The third-order valence-electron chi connectivity index (χ3n) is 3.97. The highest BCUT2D eigenvalue weighted by atomic mass is 79.9. The number of ether oxygens (including phenoxy) is 1. The van der Waals surface area contributed by atoms with Gasteiger partial charge in [0.25, 0.3) is 0 Å². The van der Waals surface area contributed by atoms with Crippen LogP contribution in [-0.2, 0) is 26.2 Å². The second-order valence-electron chi connectivity index (χ2n) is 6.24.